The van der Waals surface area contributed by atoms with E-state index < -0.39 is 0 Å². The Morgan fingerprint density at radius 1 is 0.867 bits per heavy atom. The predicted molar refractivity (Wildman–Crippen MR) is 132 cm³/mol. The molecule has 1 N–H and O–H groups in total. The number of carbonyl (C=O) groups is 1. The van der Waals surface area contributed by atoms with Crippen molar-refractivity contribution in [2.24, 2.45) is 0 Å². The van der Waals surface area contributed by atoms with Crippen LogP contribution in [-0.4, -0.2) is 18.2 Å². The minimum Gasteiger partial charge on any atom is -0.351 e. The second kappa shape index (κ2) is 11.7. The number of benzene rings is 3. The highest BCUT2D eigenvalue weighted by Crippen LogP contribution is 2.25. The summed E-state index contributed by atoms with van der Waals surface area (Å²) in [6.45, 7) is 2.71. The summed E-state index contributed by atoms with van der Waals surface area (Å²) in [6, 6.07) is 22.0. The number of thioether (sulfide) groups is 2. The smallest absolute Gasteiger partial charge is 0.251 e. The largest absolute Gasteiger partial charge is 0.351 e. The van der Waals surface area contributed by atoms with Gasteiger partial charge in [0.05, 0.1) is 10.0 Å². The van der Waals surface area contributed by atoms with Crippen molar-refractivity contribution < 1.29 is 4.79 Å². The van der Waals surface area contributed by atoms with Gasteiger partial charge in [-0.15, -0.1) is 11.8 Å². The minimum atomic E-state index is -0.0390. The van der Waals surface area contributed by atoms with Crippen LogP contribution in [0.25, 0.3) is 0 Å². The highest BCUT2D eigenvalue weighted by atomic mass is 35.5. The molecule has 0 aliphatic rings. The third-order valence-electron chi connectivity index (χ3n) is 4.43. The SMILES string of the molecule is Cc1ccc(SCc2ccc(C(=O)NCCSCc3ccc(Cl)c(Cl)c3)cc2)cc1. The molecule has 156 valence electrons. The lowest BCUT2D eigenvalue weighted by molar-refractivity contribution is 0.0956. The number of hydrogen-bond acceptors (Lipinski definition) is 3. The van der Waals surface area contributed by atoms with Crippen LogP contribution >= 0.6 is 46.7 Å². The van der Waals surface area contributed by atoms with E-state index in [1.807, 2.05) is 42.5 Å². The Balaban J connectivity index is 1.37. The molecule has 6 heteroatoms. The average molecular weight is 476 g/mol. The van der Waals surface area contributed by atoms with E-state index in [1.54, 1.807) is 23.5 Å². The summed E-state index contributed by atoms with van der Waals surface area (Å²) in [6.07, 6.45) is 0. The second-order valence-electron chi connectivity index (χ2n) is 6.86. The van der Waals surface area contributed by atoms with Gasteiger partial charge in [0.25, 0.3) is 5.91 Å². The molecule has 2 nitrogen and oxygen atoms in total. The first kappa shape index (κ1) is 23.1. The fraction of sp³-hybridized carbons (Fsp3) is 0.208. The number of halogens is 2. The fourth-order valence-corrected chi connectivity index (χ4v) is 4.69. The summed E-state index contributed by atoms with van der Waals surface area (Å²) in [5, 5.41) is 4.12. The van der Waals surface area contributed by atoms with Gasteiger partial charge in [-0.3, -0.25) is 4.79 Å². The number of aryl methyl sites for hydroxylation is 1. The number of rotatable bonds is 9. The maximum absolute atomic E-state index is 12.3. The Hall–Kier alpha value is -1.59. The molecule has 0 saturated heterocycles. The summed E-state index contributed by atoms with van der Waals surface area (Å²) in [5.74, 6) is 2.51. The molecule has 0 unspecified atom stereocenters. The molecule has 0 radical (unpaired) electrons. The van der Waals surface area contributed by atoms with Crippen molar-refractivity contribution >= 4 is 52.6 Å². The van der Waals surface area contributed by atoms with E-state index in [-0.39, 0.29) is 5.91 Å². The van der Waals surface area contributed by atoms with E-state index >= 15 is 0 Å². The van der Waals surface area contributed by atoms with Gasteiger partial charge in [-0.25, -0.2) is 0 Å². The molecule has 30 heavy (non-hydrogen) atoms. The minimum absolute atomic E-state index is 0.0390. The molecule has 0 atom stereocenters. The summed E-state index contributed by atoms with van der Waals surface area (Å²) in [4.78, 5) is 13.6. The lowest BCUT2D eigenvalue weighted by atomic mass is 10.1. The van der Waals surface area contributed by atoms with Crippen molar-refractivity contribution in [3.05, 3.63) is 99.0 Å². The zero-order valence-electron chi connectivity index (χ0n) is 16.7. The van der Waals surface area contributed by atoms with Gasteiger partial charge in [0.2, 0.25) is 0 Å². The molecule has 3 aromatic rings. The molecule has 0 aromatic heterocycles. The van der Waals surface area contributed by atoms with E-state index in [4.69, 9.17) is 23.2 Å². The van der Waals surface area contributed by atoms with Crippen LogP contribution in [0.15, 0.2) is 71.6 Å². The van der Waals surface area contributed by atoms with Crippen LogP contribution in [0.3, 0.4) is 0 Å². The Morgan fingerprint density at radius 3 is 2.27 bits per heavy atom. The monoisotopic (exact) mass is 475 g/mol. The van der Waals surface area contributed by atoms with E-state index in [2.05, 4.69) is 36.5 Å². The van der Waals surface area contributed by atoms with Gasteiger partial charge in [0.15, 0.2) is 0 Å². The van der Waals surface area contributed by atoms with Crippen LogP contribution in [0.4, 0.5) is 0 Å². The van der Waals surface area contributed by atoms with Crippen LogP contribution in [0, 0.1) is 6.92 Å². The standard InChI is InChI=1S/C24H23Cl2NOS2/c1-17-2-9-21(10-3-17)30-16-18-4-7-20(8-5-18)24(28)27-12-13-29-15-19-6-11-22(25)23(26)14-19/h2-11,14H,12-13,15-16H2,1H3,(H,27,28). The maximum atomic E-state index is 12.3. The third kappa shape index (κ3) is 7.28. The van der Waals surface area contributed by atoms with Crippen LogP contribution in [0.2, 0.25) is 10.0 Å². The Kier molecular flexibility index (Phi) is 9.01. The normalized spacial score (nSPS) is 10.8. The van der Waals surface area contributed by atoms with E-state index in [0.717, 1.165) is 22.8 Å². The second-order valence-corrected chi connectivity index (χ2v) is 9.82. The Labute approximate surface area is 196 Å². The molecule has 0 aliphatic carbocycles. The summed E-state index contributed by atoms with van der Waals surface area (Å²) in [7, 11) is 0. The molecule has 0 heterocycles. The van der Waals surface area contributed by atoms with Crippen LogP contribution in [0.5, 0.6) is 0 Å². The summed E-state index contributed by atoms with van der Waals surface area (Å²) >= 11 is 15.5. The van der Waals surface area contributed by atoms with Crippen molar-refractivity contribution in [3.63, 3.8) is 0 Å². The van der Waals surface area contributed by atoms with Crippen LogP contribution in [0.1, 0.15) is 27.0 Å². The molecule has 0 fully saturated rings. The van der Waals surface area contributed by atoms with Gasteiger partial charge in [0, 0.05) is 34.3 Å². The molecule has 1 amide bonds. The van der Waals surface area contributed by atoms with Gasteiger partial charge < -0.3 is 5.32 Å². The zero-order valence-corrected chi connectivity index (χ0v) is 19.8. The third-order valence-corrected chi connectivity index (χ3v) is 7.28. The number of nitrogens with one attached hydrogen (secondary N) is 1. The van der Waals surface area contributed by atoms with Crippen LogP contribution in [-0.2, 0) is 11.5 Å². The van der Waals surface area contributed by atoms with Crippen molar-refractivity contribution in [1.29, 1.82) is 0 Å². The lowest BCUT2D eigenvalue weighted by Gasteiger charge is -2.07. The van der Waals surface area contributed by atoms with Gasteiger partial charge in [-0.05, 0) is 54.4 Å². The number of amides is 1. The number of hydrogen-bond donors (Lipinski definition) is 1. The first-order valence-electron chi connectivity index (χ1n) is 9.59. The highest BCUT2D eigenvalue weighted by Gasteiger charge is 2.06. The predicted octanol–water partition coefficient (Wildman–Crippen LogP) is 7.26. The van der Waals surface area contributed by atoms with E-state index in [1.165, 1.54) is 16.0 Å². The maximum Gasteiger partial charge on any atom is 0.251 e. The van der Waals surface area contributed by atoms with Crippen molar-refractivity contribution in [2.45, 2.75) is 23.3 Å². The van der Waals surface area contributed by atoms with Gasteiger partial charge >= 0.3 is 0 Å². The van der Waals surface area contributed by atoms with Crippen molar-refractivity contribution in [2.75, 3.05) is 12.3 Å². The first-order valence-corrected chi connectivity index (χ1v) is 12.5. The first-order chi connectivity index (χ1) is 14.5. The quantitative estimate of drug-likeness (QED) is 0.260. The number of carbonyl (C=O) groups excluding carboxylic acids is 1. The Bertz CT molecular complexity index is 976. The van der Waals surface area contributed by atoms with Crippen molar-refractivity contribution in [3.8, 4) is 0 Å². The topological polar surface area (TPSA) is 29.1 Å². The molecule has 0 spiro atoms. The highest BCUT2D eigenvalue weighted by molar-refractivity contribution is 7.98. The Morgan fingerprint density at radius 2 is 1.57 bits per heavy atom. The summed E-state index contributed by atoms with van der Waals surface area (Å²) in [5.41, 5.74) is 4.28. The molecule has 0 saturated carbocycles. The lowest BCUT2D eigenvalue weighted by Crippen LogP contribution is -2.25. The molecule has 3 aromatic carbocycles. The summed E-state index contributed by atoms with van der Waals surface area (Å²) < 4.78 is 0. The van der Waals surface area contributed by atoms with Gasteiger partial charge in [0.1, 0.15) is 0 Å². The average Bonchev–Trinajstić information content (AvgIpc) is 2.76. The van der Waals surface area contributed by atoms with Gasteiger partial charge in [-0.2, -0.15) is 11.8 Å². The molecular weight excluding hydrogens is 453 g/mol. The molecular formula is C24H23Cl2NOS2. The van der Waals surface area contributed by atoms with Crippen molar-refractivity contribution in [1.82, 2.24) is 5.32 Å². The van der Waals surface area contributed by atoms with Gasteiger partial charge in [-0.1, -0.05) is 59.1 Å². The molecule has 0 aliphatic heterocycles. The van der Waals surface area contributed by atoms with E-state index in [9.17, 15) is 4.79 Å². The molecule has 3 rings (SSSR count). The molecule has 0 bridgehead atoms. The van der Waals surface area contributed by atoms with Crippen LogP contribution < -0.4 is 5.32 Å². The van der Waals surface area contributed by atoms with E-state index in [0.29, 0.717) is 22.2 Å². The zero-order chi connectivity index (χ0) is 21.3. The fourth-order valence-electron chi connectivity index (χ4n) is 2.71.